The Balaban J connectivity index is 1.28. The number of carboxylic acid groups (broad SMARTS) is 1. The van der Waals surface area contributed by atoms with Crippen molar-refractivity contribution in [1.29, 1.82) is 0 Å². The number of carbonyl (C=O) groups is 3. The number of morpholine rings is 1. The van der Waals surface area contributed by atoms with E-state index in [1.165, 1.54) is 12.0 Å². The number of nitrogens with zero attached hydrogens (tertiary/aromatic N) is 1. The second-order valence-electron chi connectivity index (χ2n) is 8.62. The number of carbonyl (C=O) groups excluding carboxylic acids is 2. The van der Waals surface area contributed by atoms with Crippen LogP contribution in [0.5, 0.6) is 0 Å². The summed E-state index contributed by atoms with van der Waals surface area (Å²) in [4.78, 5) is 38.0. The smallest absolute Gasteiger partial charge is 0.407 e. The van der Waals surface area contributed by atoms with Crippen molar-refractivity contribution in [3.8, 4) is 11.1 Å². The van der Waals surface area contributed by atoms with Gasteiger partial charge in [0.15, 0.2) is 0 Å². The lowest BCUT2D eigenvalue weighted by Gasteiger charge is -2.36. The Labute approximate surface area is 204 Å². The Hall–Kier alpha value is -3.43. The number of methoxy groups -OCH3 is 1. The molecule has 186 valence electrons. The van der Waals surface area contributed by atoms with Crippen molar-refractivity contribution in [2.45, 2.75) is 30.9 Å². The van der Waals surface area contributed by atoms with Gasteiger partial charge in [-0.05, 0) is 22.3 Å². The monoisotopic (exact) mass is 482 g/mol. The average molecular weight is 483 g/mol. The lowest BCUT2D eigenvalue weighted by Crippen LogP contribution is -2.53. The Kier molecular flexibility index (Phi) is 7.99. The third kappa shape index (κ3) is 5.63. The van der Waals surface area contributed by atoms with Crippen LogP contribution in [0.3, 0.4) is 0 Å². The standard InChI is InChI=1S/C26H30N2O7/c1-33-23(25(31)28-12-13-34-15-17(28)14-24(29)30)10-11-27-26(32)35-16-22-20-8-4-2-6-18(20)19-7-3-5-9-21(19)22/h2-9,17,22-23H,10-16H2,1H3,(H,27,32)(H,29,30). The van der Waals surface area contributed by atoms with Gasteiger partial charge in [0, 0.05) is 32.5 Å². The number of benzene rings is 2. The largest absolute Gasteiger partial charge is 0.481 e. The van der Waals surface area contributed by atoms with E-state index < -0.39 is 24.2 Å². The summed E-state index contributed by atoms with van der Waals surface area (Å²) in [5.74, 6) is -1.34. The first-order valence-electron chi connectivity index (χ1n) is 11.7. The van der Waals surface area contributed by atoms with E-state index in [2.05, 4.69) is 29.6 Å². The van der Waals surface area contributed by atoms with E-state index in [0.29, 0.717) is 13.2 Å². The van der Waals surface area contributed by atoms with Crippen molar-refractivity contribution in [3.05, 3.63) is 59.7 Å². The summed E-state index contributed by atoms with van der Waals surface area (Å²) in [6, 6.07) is 15.7. The van der Waals surface area contributed by atoms with Gasteiger partial charge in [-0.3, -0.25) is 9.59 Å². The number of hydrogen-bond donors (Lipinski definition) is 2. The van der Waals surface area contributed by atoms with Crippen LogP contribution in [0.25, 0.3) is 11.1 Å². The van der Waals surface area contributed by atoms with Crippen LogP contribution >= 0.6 is 0 Å². The Bertz CT molecular complexity index is 1030. The van der Waals surface area contributed by atoms with Crippen LogP contribution in [0.4, 0.5) is 4.79 Å². The molecule has 0 radical (unpaired) electrons. The van der Waals surface area contributed by atoms with E-state index in [1.54, 1.807) is 0 Å². The molecule has 1 saturated heterocycles. The van der Waals surface area contributed by atoms with E-state index >= 15 is 0 Å². The molecule has 1 aliphatic carbocycles. The number of hydrogen-bond acceptors (Lipinski definition) is 6. The van der Waals surface area contributed by atoms with Gasteiger partial charge < -0.3 is 29.5 Å². The highest BCUT2D eigenvalue weighted by Gasteiger charge is 2.33. The van der Waals surface area contributed by atoms with Gasteiger partial charge in [0.25, 0.3) is 5.91 Å². The lowest BCUT2D eigenvalue weighted by molar-refractivity contribution is -0.154. The first-order valence-corrected chi connectivity index (χ1v) is 11.7. The molecule has 1 aliphatic heterocycles. The fourth-order valence-corrected chi connectivity index (χ4v) is 4.80. The van der Waals surface area contributed by atoms with Crippen LogP contribution in [0.1, 0.15) is 29.9 Å². The topological polar surface area (TPSA) is 114 Å². The molecule has 1 fully saturated rings. The van der Waals surface area contributed by atoms with E-state index in [9.17, 15) is 14.4 Å². The number of fused-ring (bicyclic) bond motifs is 3. The van der Waals surface area contributed by atoms with E-state index in [0.717, 1.165) is 22.3 Å². The number of ether oxygens (including phenoxy) is 3. The number of rotatable bonds is 9. The summed E-state index contributed by atoms with van der Waals surface area (Å²) >= 11 is 0. The van der Waals surface area contributed by atoms with Crippen LogP contribution in [-0.2, 0) is 23.8 Å². The zero-order chi connectivity index (χ0) is 24.8. The van der Waals surface area contributed by atoms with Gasteiger partial charge in [0.1, 0.15) is 12.7 Å². The summed E-state index contributed by atoms with van der Waals surface area (Å²) < 4.78 is 16.2. The molecule has 9 heteroatoms. The van der Waals surface area contributed by atoms with Gasteiger partial charge in [-0.15, -0.1) is 0 Å². The molecule has 0 saturated carbocycles. The van der Waals surface area contributed by atoms with Crippen LogP contribution < -0.4 is 5.32 Å². The quantitative estimate of drug-likeness (QED) is 0.565. The van der Waals surface area contributed by atoms with Crippen LogP contribution in [0, 0.1) is 0 Å². The fraction of sp³-hybridized carbons (Fsp3) is 0.423. The molecule has 2 atom stereocenters. The average Bonchev–Trinajstić information content (AvgIpc) is 3.19. The molecule has 2 aromatic rings. The van der Waals surface area contributed by atoms with Crippen molar-refractivity contribution in [2.75, 3.05) is 40.0 Å². The third-order valence-corrected chi connectivity index (χ3v) is 6.50. The molecular formula is C26H30N2O7. The van der Waals surface area contributed by atoms with Crippen molar-refractivity contribution >= 4 is 18.0 Å². The number of alkyl carbamates (subject to hydrolysis) is 1. The maximum absolute atomic E-state index is 12.9. The fourth-order valence-electron chi connectivity index (χ4n) is 4.80. The Morgan fingerprint density at radius 3 is 2.40 bits per heavy atom. The molecule has 1 heterocycles. The minimum Gasteiger partial charge on any atom is -0.481 e. The van der Waals surface area contributed by atoms with Crippen molar-refractivity contribution in [3.63, 3.8) is 0 Å². The van der Waals surface area contributed by atoms with Crippen LogP contribution in [0.15, 0.2) is 48.5 Å². The molecular weight excluding hydrogens is 452 g/mol. The summed E-state index contributed by atoms with van der Waals surface area (Å²) in [6.07, 6.45) is -1.33. The molecule has 2 N–H and O–H groups in total. The molecule has 2 aliphatic rings. The van der Waals surface area contributed by atoms with Crippen molar-refractivity contribution in [2.24, 2.45) is 0 Å². The highest BCUT2D eigenvalue weighted by Crippen LogP contribution is 2.44. The molecule has 35 heavy (non-hydrogen) atoms. The molecule has 2 amide bonds. The number of carboxylic acids is 1. The molecule has 0 spiro atoms. The molecule has 9 nitrogen and oxygen atoms in total. The summed E-state index contributed by atoms with van der Waals surface area (Å²) in [5, 5.41) is 11.8. The first kappa shape index (κ1) is 24.7. The maximum Gasteiger partial charge on any atom is 0.407 e. The maximum atomic E-state index is 12.9. The van der Waals surface area contributed by atoms with Gasteiger partial charge in [0.05, 0.1) is 25.7 Å². The number of aliphatic carboxylic acids is 1. The number of nitrogens with one attached hydrogen (secondary N) is 1. The van der Waals surface area contributed by atoms with E-state index in [1.807, 2.05) is 24.3 Å². The SMILES string of the molecule is COC(CCNC(=O)OCC1c2ccccc2-c2ccccc21)C(=O)N1CCOCC1CC(=O)O. The van der Waals surface area contributed by atoms with E-state index in [4.69, 9.17) is 19.3 Å². The molecule has 0 aromatic heterocycles. The lowest BCUT2D eigenvalue weighted by atomic mass is 9.98. The predicted molar refractivity (Wildman–Crippen MR) is 127 cm³/mol. The normalized spacial score (nSPS) is 17.9. The zero-order valence-electron chi connectivity index (χ0n) is 19.6. The summed E-state index contributed by atoms with van der Waals surface area (Å²) in [7, 11) is 1.42. The number of amides is 2. The molecule has 2 aromatic carbocycles. The third-order valence-electron chi connectivity index (χ3n) is 6.50. The molecule has 0 bridgehead atoms. The molecule has 4 rings (SSSR count). The Morgan fingerprint density at radius 2 is 1.77 bits per heavy atom. The van der Waals surface area contributed by atoms with Gasteiger partial charge in [-0.2, -0.15) is 0 Å². The summed E-state index contributed by atoms with van der Waals surface area (Å²) in [6.45, 7) is 1.20. The minimum atomic E-state index is -0.996. The van der Waals surface area contributed by atoms with Gasteiger partial charge in [0.2, 0.25) is 0 Å². The highest BCUT2D eigenvalue weighted by molar-refractivity contribution is 5.82. The zero-order valence-corrected chi connectivity index (χ0v) is 19.6. The summed E-state index contributed by atoms with van der Waals surface area (Å²) in [5.41, 5.74) is 4.58. The predicted octanol–water partition coefficient (Wildman–Crippen LogP) is 2.63. The second kappa shape index (κ2) is 11.3. The van der Waals surface area contributed by atoms with E-state index in [-0.39, 0.29) is 44.4 Å². The van der Waals surface area contributed by atoms with Crippen molar-refractivity contribution < 1.29 is 33.7 Å². The Morgan fingerprint density at radius 1 is 1.11 bits per heavy atom. The minimum absolute atomic E-state index is 0.0334. The second-order valence-corrected chi connectivity index (χ2v) is 8.62. The van der Waals surface area contributed by atoms with Crippen LogP contribution in [-0.4, -0.2) is 80.1 Å². The molecule has 2 unspecified atom stereocenters. The van der Waals surface area contributed by atoms with Crippen molar-refractivity contribution in [1.82, 2.24) is 10.2 Å². The van der Waals surface area contributed by atoms with Gasteiger partial charge in [-0.1, -0.05) is 48.5 Å². The van der Waals surface area contributed by atoms with Gasteiger partial charge in [-0.25, -0.2) is 4.79 Å². The first-order chi connectivity index (χ1) is 17.0. The van der Waals surface area contributed by atoms with Crippen LogP contribution in [0.2, 0.25) is 0 Å². The highest BCUT2D eigenvalue weighted by atomic mass is 16.5. The van der Waals surface area contributed by atoms with Gasteiger partial charge >= 0.3 is 12.1 Å².